The Morgan fingerprint density at radius 3 is 2.43 bits per heavy atom. The molecule has 21 heavy (non-hydrogen) atoms. The van der Waals surface area contributed by atoms with Crippen LogP contribution in [0.2, 0.25) is 0 Å². The summed E-state index contributed by atoms with van der Waals surface area (Å²) in [5.41, 5.74) is 2.72. The standard InChI is InChI=1S/C17H22BNO2/c1-16(2)17(3,4)21-18(20-16)15-10-11-19-12-14(15)13-8-6-5-7-9-13/h6,8-12H,5,7H2,1-4H3. The van der Waals surface area contributed by atoms with Gasteiger partial charge < -0.3 is 9.31 Å². The van der Waals surface area contributed by atoms with Gasteiger partial charge in [0.25, 0.3) is 0 Å². The molecule has 0 amide bonds. The second-order valence-electron chi connectivity index (χ2n) is 6.69. The first-order chi connectivity index (χ1) is 9.91. The van der Waals surface area contributed by atoms with E-state index in [1.54, 1.807) is 6.20 Å². The Morgan fingerprint density at radius 2 is 1.81 bits per heavy atom. The maximum Gasteiger partial charge on any atom is 0.495 e. The van der Waals surface area contributed by atoms with Crippen molar-refractivity contribution in [1.82, 2.24) is 4.98 Å². The summed E-state index contributed by atoms with van der Waals surface area (Å²) in [6, 6.07) is 2.00. The number of hydrogen-bond acceptors (Lipinski definition) is 3. The monoisotopic (exact) mass is 283 g/mol. The zero-order chi connectivity index (χ0) is 15.1. The largest absolute Gasteiger partial charge is 0.495 e. The van der Waals surface area contributed by atoms with Crippen LogP contribution in [0.4, 0.5) is 0 Å². The van der Waals surface area contributed by atoms with Crippen molar-refractivity contribution in [3.63, 3.8) is 0 Å². The average molecular weight is 283 g/mol. The maximum absolute atomic E-state index is 6.18. The Kier molecular flexibility index (Phi) is 3.54. The Bertz CT molecular complexity index is 589. The summed E-state index contributed by atoms with van der Waals surface area (Å²) >= 11 is 0. The smallest absolute Gasteiger partial charge is 0.399 e. The molecule has 1 aromatic heterocycles. The van der Waals surface area contributed by atoms with E-state index < -0.39 is 0 Å². The highest BCUT2D eigenvalue weighted by atomic mass is 16.7. The molecule has 1 aliphatic carbocycles. The SMILES string of the molecule is CC1(C)OB(c2ccncc2C2=CCCC=C2)OC1(C)C. The fourth-order valence-corrected chi connectivity index (χ4v) is 2.64. The normalized spacial score (nSPS) is 23.2. The molecular formula is C17H22BNO2. The summed E-state index contributed by atoms with van der Waals surface area (Å²) in [5, 5.41) is 0. The molecule has 0 bridgehead atoms. The highest BCUT2D eigenvalue weighted by Crippen LogP contribution is 2.37. The summed E-state index contributed by atoms with van der Waals surface area (Å²) < 4.78 is 12.4. The first-order valence-electron chi connectivity index (χ1n) is 7.57. The summed E-state index contributed by atoms with van der Waals surface area (Å²) in [6.45, 7) is 8.31. The van der Waals surface area contributed by atoms with Crippen LogP contribution in [-0.4, -0.2) is 23.3 Å². The van der Waals surface area contributed by atoms with Crippen LogP contribution in [0.5, 0.6) is 0 Å². The van der Waals surface area contributed by atoms with Gasteiger partial charge in [0.2, 0.25) is 0 Å². The highest BCUT2D eigenvalue weighted by molar-refractivity contribution is 6.63. The number of rotatable bonds is 2. The molecule has 1 fully saturated rings. The quantitative estimate of drug-likeness (QED) is 0.781. The molecule has 3 rings (SSSR count). The second kappa shape index (κ2) is 5.11. The van der Waals surface area contributed by atoms with E-state index in [0.717, 1.165) is 23.9 Å². The topological polar surface area (TPSA) is 31.4 Å². The van der Waals surface area contributed by atoms with E-state index in [4.69, 9.17) is 9.31 Å². The maximum atomic E-state index is 6.18. The summed E-state index contributed by atoms with van der Waals surface area (Å²) in [5.74, 6) is 0. The zero-order valence-electron chi connectivity index (χ0n) is 13.2. The molecule has 4 heteroatoms. The molecule has 2 aliphatic rings. The van der Waals surface area contributed by atoms with Crippen molar-refractivity contribution < 1.29 is 9.31 Å². The third-order valence-corrected chi connectivity index (χ3v) is 4.67. The first kappa shape index (κ1) is 14.5. The highest BCUT2D eigenvalue weighted by Gasteiger charge is 2.52. The Labute approximate surface area is 127 Å². The van der Waals surface area contributed by atoms with E-state index in [1.165, 1.54) is 5.57 Å². The lowest BCUT2D eigenvalue weighted by Crippen LogP contribution is -2.41. The van der Waals surface area contributed by atoms with Gasteiger partial charge in [-0.2, -0.15) is 0 Å². The van der Waals surface area contributed by atoms with E-state index in [9.17, 15) is 0 Å². The summed E-state index contributed by atoms with van der Waals surface area (Å²) in [6.07, 6.45) is 12.5. The van der Waals surface area contributed by atoms with Gasteiger partial charge in [-0.25, -0.2) is 0 Å². The molecular weight excluding hydrogens is 261 g/mol. The lowest BCUT2D eigenvalue weighted by atomic mass is 9.74. The predicted octanol–water partition coefficient (Wildman–Crippen LogP) is 3.11. The van der Waals surface area contributed by atoms with Gasteiger partial charge in [0.1, 0.15) is 0 Å². The molecule has 2 heterocycles. The molecule has 1 aliphatic heterocycles. The molecule has 0 aromatic carbocycles. The lowest BCUT2D eigenvalue weighted by Gasteiger charge is -2.32. The van der Waals surface area contributed by atoms with Gasteiger partial charge in [-0.05, 0) is 63.2 Å². The molecule has 0 atom stereocenters. The number of allylic oxidation sites excluding steroid dienone is 4. The van der Waals surface area contributed by atoms with Gasteiger partial charge in [-0.3, -0.25) is 4.98 Å². The van der Waals surface area contributed by atoms with E-state index >= 15 is 0 Å². The van der Waals surface area contributed by atoms with E-state index in [-0.39, 0.29) is 18.3 Å². The van der Waals surface area contributed by atoms with Crippen molar-refractivity contribution in [1.29, 1.82) is 0 Å². The number of nitrogens with zero attached hydrogens (tertiary/aromatic N) is 1. The molecule has 0 N–H and O–H groups in total. The van der Waals surface area contributed by atoms with E-state index in [2.05, 4.69) is 50.9 Å². The van der Waals surface area contributed by atoms with Crippen LogP contribution in [0.1, 0.15) is 46.1 Å². The van der Waals surface area contributed by atoms with Crippen LogP contribution < -0.4 is 5.46 Å². The third kappa shape index (κ3) is 2.58. The van der Waals surface area contributed by atoms with E-state index in [0.29, 0.717) is 0 Å². The minimum absolute atomic E-state index is 0.324. The summed E-state index contributed by atoms with van der Waals surface area (Å²) in [7, 11) is -0.343. The minimum Gasteiger partial charge on any atom is -0.399 e. The van der Waals surface area contributed by atoms with Gasteiger partial charge in [-0.15, -0.1) is 0 Å². The molecule has 1 aromatic rings. The van der Waals surface area contributed by atoms with Gasteiger partial charge in [-0.1, -0.05) is 18.2 Å². The van der Waals surface area contributed by atoms with Crippen LogP contribution in [0.3, 0.4) is 0 Å². The summed E-state index contributed by atoms with van der Waals surface area (Å²) in [4.78, 5) is 4.28. The van der Waals surface area contributed by atoms with Crippen molar-refractivity contribution >= 4 is 18.2 Å². The van der Waals surface area contributed by atoms with Crippen molar-refractivity contribution in [2.45, 2.75) is 51.7 Å². The van der Waals surface area contributed by atoms with Crippen LogP contribution in [0.15, 0.2) is 36.7 Å². The van der Waals surface area contributed by atoms with E-state index in [1.807, 2.05) is 12.3 Å². The zero-order valence-corrected chi connectivity index (χ0v) is 13.2. The van der Waals surface area contributed by atoms with Gasteiger partial charge in [0, 0.05) is 12.4 Å². The van der Waals surface area contributed by atoms with Gasteiger partial charge >= 0.3 is 7.12 Å². The average Bonchev–Trinajstić information content (AvgIpc) is 2.68. The van der Waals surface area contributed by atoms with Crippen LogP contribution in [0.25, 0.3) is 5.57 Å². The Hall–Kier alpha value is -1.39. The lowest BCUT2D eigenvalue weighted by molar-refractivity contribution is 0.00578. The van der Waals surface area contributed by atoms with Crippen molar-refractivity contribution in [3.05, 3.63) is 42.3 Å². The Balaban J connectivity index is 1.98. The second-order valence-corrected chi connectivity index (χ2v) is 6.69. The molecule has 0 radical (unpaired) electrons. The molecule has 0 unspecified atom stereocenters. The predicted molar refractivity (Wildman–Crippen MR) is 86.3 cm³/mol. The minimum atomic E-state index is -0.343. The number of hydrogen-bond donors (Lipinski definition) is 0. The van der Waals surface area contributed by atoms with Gasteiger partial charge in [0.15, 0.2) is 0 Å². The van der Waals surface area contributed by atoms with Crippen LogP contribution in [0, 0.1) is 0 Å². The van der Waals surface area contributed by atoms with Crippen molar-refractivity contribution in [2.24, 2.45) is 0 Å². The molecule has 0 saturated carbocycles. The Morgan fingerprint density at radius 1 is 1.10 bits per heavy atom. The van der Waals surface area contributed by atoms with Crippen LogP contribution >= 0.6 is 0 Å². The number of pyridine rings is 1. The first-order valence-corrected chi connectivity index (χ1v) is 7.57. The van der Waals surface area contributed by atoms with Crippen molar-refractivity contribution in [3.8, 4) is 0 Å². The third-order valence-electron chi connectivity index (χ3n) is 4.67. The van der Waals surface area contributed by atoms with Crippen molar-refractivity contribution in [2.75, 3.05) is 0 Å². The molecule has 1 saturated heterocycles. The molecule has 0 spiro atoms. The fourth-order valence-electron chi connectivity index (χ4n) is 2.64. The molecule has 110 valence electrons. The molecule has 3 nitrogen and oxygen atoms in total. The van der Waals surface area contributed by atoms with Crippen LogP contribution in [-0.2, 0) is 9.31 Å². The fraction of sp³-hybridized carbons (Fsp3) is 0.471. The number of aromatic nitrogens is 1. The van der Waals surface area contributed by atoms with Gasteiger partial charge in [0.05, 0.1) is 11.2 Å².